The van der Waals surface area contributed by atoms with Crippen LogP contribution in [0.15, 0.2) is 59.5 Å². The van der Waals surface area contributed by atoms with Crippen LogP contribution in [0.25, 0.3) is 0 Å². The third-order valence-corrected chi connectivity index (χ3v) is 7.91. The van der Waals surface area contributed by atoms with Crippen molar-refractivity contribution >= 4 is 21.6 Å². The lowest BCUT2D eigenvalue weighted by Crippen LogP contribution is -2.46. The monoisotopic (exact) mass is 428 g/mol. The summed E-state index contributed by atoms with van der Waals surface area (Å²) in [7, 11) is -3.94. The van der Waals surface area contributed by atoms with Gasteiger partial charge in [-0.15, -0.1) is 0 Å². The zero-order chi connectivity index (χ0) is 21.1. The van der Waals surface area contributed by atoms with Crippen LogP contribution in [-0.2, 0) is 14.8 Å². The topological polar surface area (TPSA) is 75.7 Å². The number of benzene rings is 2. The SMILES string of the molecule is CCOc1ccccc1N(CC(=O)N[C@H]1C[C@@H]2CC[C@@H]1C2)S(=O)(=O)c1ccccc1. The van der Waals surface area contributed by atoms with Crippen molar-refractivity contribution in [3.05, 3.63) is 54.6 Å². The molecule has 2 aromatic rings. The molecule has 2 aliphatic rings. The first-order chi connectivity index (χ1) is 14.5. The van der Waals surface area contributed by atoms with Gasteiger partial charge in [0.1, 0.15) is 12.3 Å². The Morgan fingerprint density at radius 3 is 2.47 bits per heavy atom. The van der Waals surface area contributed by atoms with Gasteiger partial charge in [0.15, 0.2) is 0 Å². The zero-order valence-corrected chi connectivity index (χ0v) is 18.0. The van der Waals surface area contributed by atoms with E-state index >= 15 is 0 Å². The van der Waals surface area contributed by atoms with Crippen LogP contribution in [0.1, 0.15) is 32.6 Å². The quantitative estimate of drug-likeness (QED) is 0.697. The number of carbonyl (C=O) groups is 1. The Labute approximate surface area is 178 Å². The van der Waals surface area contributed by atoms with E-state index in [1.54, 1.807) is 54.6 Å². The van der Waals surface area contributed by atoms with Gasteiger partial charge in [0.05, 0.1) is 17.2 Å². The lowest BCUT2D eigenvalue weighted by atomic mass is 9.95. The van der Waals surface area contributed by atoms with Crippen molar-refractivity contribution in [1.82, 2.24) is 5.32 Å². The number of para-hydroxylation sites is 2. The average Bonchev–Trinajstić information content (AvgIpc) is 3.37. The van der Waals surface area contributed by atoms with Gasteiger partial charge in [-0.2, -0.15) is 0 Å². The molecule has 6 nitrogen and oxygen atoms in total. The van der Waals surface area contributed by atoms with Crippen LogP contribution in [0.5, 0.6) is 5.75 Å². The number of amides is 1. The van der Waals surface area contributed by atoms with Gasteiger partial charge in [0.25, 0.3) is 10.0 Å². The Morgan fingerprint density at radius 2 is 1.80 bits per heavy atom. The highest BCUT2D eigenvalue weighted by Crippen LogP contribution is 2.44. The second kappa shape index (κ2) is 8.68. The van der Waals surface area contributed by atoms with Crippen molar-refractivity contribution in [1.29, 1.82) is 0 Å². The Bertz CT molecular complexity index is 993. The van der Waals surface area contributed by atoms with Crippen LogP contribution in [0.2, 0.25) is 0 Å². The molecule has 0 radical (unpaired) electrons. The Kier molecular flexibility index (Phi) is 5.99. The second-order valence-electron chi connectivity index (χ2n) is 8.07. The third kappa shape index (κ3) is 4.17. The standard InChI is InChI=1S/C23H28N2O4S/c1-2-29-22-11-7-6-10-21(22)25(30(27,28)19-8-4-3-5-9-19)16-23(26)24-20-15-17-12-13-18(20)14-17/h3-11,17-18,20H,2,12-16H2,1H3,(H,24,26)/t17-,18-,20+/m1/s1. The molecule has 0 spiro atoms. The summed E-state index contributed by atoms with van der Waals surface area (Å²) in [4.78, 5) is 13.1. The molecular weight excluding hydrogens is 400 g/mol. The maximum absolute atomic E-state index is 13.5. The predicted octanol–water partition coefficient (Wildman–Crippen LogP) is 3.59. The number of hydrogen-bond acceptors (Lipinski definition) is 4. The number of fused-ring (bicyclic) bond motifs is 2. The van der Waals surface area contributed by atoms with Crippen LogP contribution in [-0.4, -0.2) is 33.5 Å². The van der Waals surface area contributed by atoms with E-state index < -0.39 is 10.0 Å². The zero-order valence-electron chi connectivity index (χ0n) is 17.2. The molecule has 2 bridgehead atoms. The van der Waals surface area contributed by atoms with Crippen LogP contribution < -0.4 is 14.4 Å². The molecule has 2 aromatic carbocycles. The maximum atomic E-state index is 13.5. The van der Waals surface area contributed by atoms with E-state index in [9.17, 15) is 13.2 Å². The van der Waals surface area contributed by atoms with Gasteiger partial charge in [-0.25, -0.2) is 8.42 Å². The van der Waals surface area contributed by atoms with E-state index in [1.165, 1.54) is 12.8 Å². The van der Waals surface area contributed by atoms with Crippen LogP contribution >= 0.6 is 0 Å². The molecular formula is C23H28N2O4S. The summed E-state index contributed by atoms with van der Waals surface area (Å²) in [6, 6.07) is 15.3. The highest BCUT2D eigenvalue weighted by atomic mass is 32.2. The molecule has 0 unspecified atom stereocenters. The molecule has 1 N–H and O–H groups in total. The van der Waals surface area contributed by atoms with E-state index in [4.69, 9.17) is 4.74 Å². The van der Waals surface area contributed by atoms with Gasteiger partial charge in [-0.3, -0.25) is 9.10 Å². The largest absolute Gasteiger partial charge is 0.492 e. The van der Waals surface area contributed by atoms with E-state index in [-0.39, 0.29) is 23.4 Å². The van der Waals surface area contributed by atoms with Gasteiger partial charge < -0.3 is 10.1 Å². The Balaban J connectivity index is 1.63. The molecule has 1 amide bonds. The minimum absolute atomic E-state index is 0.143. The van der Waals surface area contributed by atoms with E-state index in [2.05, 4.69) is 5.32 Å². The van der Waals surface area contributed by atoms with Crippen molar-refractivity contribution in [3.8, 4) is 5.75 Å². The van der Waals surface area contributed by atoms with Gasteiger partial charge in [-0.1, -0.05) is 36.8 Å². The summed E-state index contributed by atoms with van der Waals surface area (Å²) < 4.78 is 33.8. The van der Waals surface area contributed by atoms with E-state index in [0.29, 0.717) is 29.9 Å². The molecule has 0 heterocycles. The molecule has 30 heavy (non-hydrogen) atoms. The lowest BCUT2D eigenvalue weighted by Gasteiger charge is -2.28. The fourth-order valence-corrected chi connectivity index (χ4v) is 6.22. The Morgan fingerprint density at radius 1 is 1.07 bits per heavy atom. The Hall–Kier alpha value is -2.54. The van der Waals surface area contributed by atoms with Gasteiger partial charge in [-0.05, 0) is 62.3 Å². The molecule has 2 saturated carbocycles. The van der Waals surface area contributed by atoms with Crippen LogP contribution in [0, 0.1) is 11.8 Å². The summed E-state index contributed by atoms with van der Waals surface area (Å²) in [5, 5.41) is 3.10. The highest BCUT2D eigenvalue weighted by molar-refractivity contribution is 7.92. The summed E-state index contributed by atoms with van der Waals surface area (Å²) in [5.74, 6) is 1.38. The number of anilines is 1. The summed E-state index contributed by atoms with van der Waals surface area (Å²) in [5.41, 5.74) is 0.367. The molecule has 0 aromatic heterocycles. The first-order valence-electron chi connectivity index (χ1n) is 10.6. The highest BCUT2D eigenvalue weighted by Gasteiger charge is 2.40. The average molecular weight is 429 g/mol. The first kappa shape index (κ1) is 20.7. The minimum atomic E-state index is -3.94. The van der Waals surface area contributed by atoms with Gasteiger partial charge >= 0.3 is 0 Å². The number of ether oxygens (including phenoxy) is 1. The van der Waals surface area contributed by atoms with E-state index in [1.807, 2.05) is 6.92 Å². The molecule has 4 rings (SSSR count). The third-order valence-electron chi connectivity index (χ3n) is 6.14. The molecule has 2 aliphatic carbocycles. The first-order valence-corrected chi connectivity index (χ1v) is 12.0. The number of sulfonamides is 1. The summed E-state index contributed by atoms with van der Waals surface area (Å²) >= 11 is 0. The second-order valence-corrected chi connectivity index (χ2v) is 9.94. The normalized spacial score (nSPS) is 22.6. The van der Waals surface area contributed by atoms with Gasteiger partial charge in [0.2, 0.25) is 5.91 Å². The summed E-state index contributed by atoms with van der Waals surface area (Å²) in [6.07, 6.45) is 4.56. The number of nitrogens with one attached hydrogen (secondary N) is 1. The fraction of sp³-hybridized carbons (Fsp3) is 0.435. The van der Waals surface area contributed by atoms with Crippen LogP contribution in [0.3, 0.4) is 0 Å². The smallest absolute Gasteiger partial charge is 0.264 e. The van der Waals surface area contributed by atoms with Crippen molar-refractivity contribution < 1.29 is 17.9 Å². The molecule has 160 valence electrons. The number of carbonyl (C=O) groups excluding carboxylic acids is 1. The lowest BCUT2D eigenvalue weighted by molar-refractivity contribution is -0.120. The van der Waals surface area contributed by atoms with Crippen molar-refractivity contribution in [2.75, 3.05) is 17.5 Å². The van der Waals surface area contributed by atoms with Gasteiger partial charge in [0, 0.05) is 6.04 Å². The van der Waals surface area contributed by atoms with Crippen molar-refractivity contribution in [3.63, 3.8) is 0 Å². The number of rotatable bonds is 8. The summed E-state index contributed by atoms with van der Waals surface area (Å²) in [6.45, 7) is 1.96. The van der Waals surface area contributed by atoms with Crippen molar-refractivity contribution in [2.24, 2.45) is 11.8 Å². The number of hydrogen-bond donors (Lipinski definition) is 1. The molecule has 0 saturated heterocycles. The maximum Gasteiger partial charge on any atom is 0.264 e. The molecule has 7 heteroatoms. The molecule has 2 fully saturated rings. The minimum Gasteiger partial charge on any atom is -0.492 e. The van der Waals surface area contributed by atoms with E-state index in [0.717, 1.165) is 17.1 Å². The van der Waals surface area contributed by atoms with Crippen LogP contribution in [0.4, 0.5) is 5.69 Å². The molecule has 0 aliphatic heterocycles. The van der Waals surface area contributed by atoms with Crippen molar-refractivity contribution in [2.45, 2.75) is 43.5 Å². The predicted molar refractivity (Wildman–Crippen MR) is 116 cm³/mol. The molecule has 3 atom stereocenters. The number of nitrogens with zero attached hydrogens (tertiary/aromatic N) is 1. The fourth-order valence-electron chi connectivity index (χ4n) is 4.76.